The van der Waals surface area contributed by atoms with Crippen LogP contribution in [-0.4, -0.2) is 17.5 Å². The minimum absolute atomic E-state index is 0.0280. The number of carbonyl (C=O) groups excluding carboxylic acids is 1. The monoisotopic (exact) mass is 322 g/mol. The van der Waals surface area contributed by atoms with Gasteiger partial charge in [0, 0.05) is 24.5 Å². The summed E-state index contributed by atoms with van der Waals surface area (Å²) in [6, 6.07) is 15.4. The van der Waals surface area contributed by atoms with Gasteiger partial charge >= 0.3 is 0 Å². The van der Waals surface area contributed by atoms with E-state index in [4.69, 9.17) is 9.15 Å². The van der Waals surface area contributed by atoms with Crippen molar-refractivity contribution in [2.45, 2.75) is 13.2 Å². The molecule has 0 aliphatic heterocycles. The quantitative estimate of drug-likeness (QED) is 0.725. The van der Waals surface area contributed by atoms with Gasteiger partial charge in [0.1, 0.15) is 12.4 Å². The van der Waals surface area contributed by atoms with Crippen molar-refractivity contribution < 1.29 is 13.9 Å². The molecule has 0 spiro atoms. The predicted molar refractivity (Wildman–Crippen MR) is 89.9 cm³/mol. The Morgan fingerprint density at radius 1 is 1.08 bits per heavy atom. The maximum Gasteiger partial charge on any atom is 0.246 e. The first-order chi connectivity index (χ1) is 11.8. The third-order valence-electron chi connectivity index (χ3n) is 3.43. The molecule has 5 nitrogen and oxygen atoms in total. The number of pyridine rings is 1. The summed E-state index contributed by atoms with van der Waals surface area (Å²) in [5.74, 6) is 0.594. The minimum atomic E-state index is -0.158. The van der Waals surface area contributed by atoms with E-state index < -0.39 is 0 Å². The molecule has 1 N–H and O–H groups in total. The first-order valence-corrected chi connectivity index (χ1v) is 7.67. The Balaban J connectivity index is 1.45. The molecule has 3 rings (SSSR count). The van der Waals surface area contributed by atoms with E-state index in [0.717, 1.165) is 22.5 Å². The van der Waals surface area contributed by atoms with E-state index in [0.29, 0.717) is 13.2 Å². The predicted octanol–water partition coefficient (Wildman–Crippen LogP) is 3.17. The molecule has 0 atom stereocenters. The van der Waals surface area contributed by atoms with E-state index in [1.165, 1.54) is 0 Å². The van der Waals surface area contributed by atoms with Gasteiger partial charge in [-0.25, -0.2) is 0 Å². The largest absolute Gasteiger partial charge is 0.464 e. The molecular weight excluding hydrogens is 304 g/mol. The fraction of sp³-hybridized carbons (Fsp3) is 0.158. The van der Waals surface area contributed by atoms with E-state index in [-0.39, 0.29) is 12.5 Å². The maximum absolute atomic E-state index is 11.8. The normalized spacial score (nSPS) is 10.5. The molecule has 5 heteroatoms. The Labute approximate surface area is 140 Å². The summed E-state index contributed by atoms with van der Waals surface area (Å²) >= 11 is 0. The van der Waals surface area contributed by atoms with Crippen LogP contribution in [0, 0.1) is 0 Å². The lowest BCUT2D eigenvalue weighted by Gasteiger charge is -2.07. The second-order valence-electron chi connectivity index (χ2n) is 5.31. The van der Waals surface area contributed by atoms with Crippen molar-refractivity contribution in [3.05, 3.63) is 78.3 Å². The van der Waals surface area contributed by atoms with Crippen LogP contribution in [0.5, 0.6) is 0 Å². The highest BCUT2D eigenvalue weighted by atomic mass is 16.5. The van der Waals surface area contributed by atoms with Gasteiger partial charge < -0.3 is 14.5 Å². The van der Waals surface area contributed by atoms with Crippen LogP contribution in [0.1, 0.15) is 11.1 Å². The lowest BCUT2D eigenvalue weighted by atomic mass is 10.1. The van der Waals surface area contributed by atoms with Crippen LogP contribution in [-0.2, 0) is 22.7 Å². The van der Waals surface area contributed by atoms with Gasteiger partial charge in [0.15, 0.2) is 0 Å². The van der Waals surface area contributed by atoms with Gasteiger partial charge in [0.25, 0.3) is 0 Å². The summed E-state index contributed by atoms with van der Waals surface area (Å²) in [6.07, 6.45) is 5.07. The summed E-state index contributed by atoms with van der Waals surface area (Å²) in [4.78, 5) is 16.0. The molecule has 3 aromatic rings. The van der Waals surface area contributed by atoms with Gasteiger partial charge in [0.2, 0.25) is 5.91 Å². The Bertz CT molecular complexity index is 770. The molecule has 2 aromatic heterocycles. The zero-order chi connectivity index (χ0) is 16.6. The molecule has 0 saturated heterocycles. The van der Waals surface area contributed by atoms with Gasteiger partial charge in [-0.05, 0) is 29.3 Å². The molecule has 0 aliphatic carbocycles. The first-order valence-electron chi connectivity index (χ1n) is 7.67. The van der Waals surface area contributed by atoms with E-state index in [9.17, 15) is 4.79 Å². The van der Waals surface area contributed by atoms with Gasteiger partial charge in [-0.2, -0.15) is 0 Å². The fourth-order valence-electron chi connectivity index (χ4n) is 2.25. The fourth-order valence-corrected chi connectivity index (χ4v) is 2.25. The van der Waals surface area contributed by atoms with Crippen molar-refractivity contribution in [2.75, 3.05) is 6.61 Å². The number of furan rings is 1. The number of rotatable bonds is 7. The van der Waals surface area contributed by atoms with Crippen LogP contribution in [0.4, 0.5) is 0 Å². The number of carbonyl (C=O) groups is 1. The highest BCUT2D eigenvalue weighted by Gasteiger charge is 2.05. The minimum Gasteiger partial charge on any atom is -0.464 e. The molecule has 0 saturated carbocycles. The SMILES string of the molecule is O=C(COCc1ccccc1)NCc1cncc(-c2ccco2)c1. The van der Waals surface area contributed by atoms with Gasteiger partial charge in [-0.3, -0.25) is 9.78 Å². The molecule has 2 heterocycles. The number of amides is 1. The topological polar surface area (TPSA) is 64.4 Å². The number of nitrogens with zero attached hydrogens (tertiary/aromatic N) is 1. The van der Waals surface area contributed by atoms with Gasteiger partial charge in [-0.1, -0.05) is 30.3 Å². The van der Waals surface area contributed by atoms with E-state index >= 15 is 0 Å². The van der Waals surface area contributed by atoms with Crippen LogP contribution in [0.25, 0.3) is 11.3 Å². The molecule has 0 fully saturated rings. The van der Waals surface area contributed by atoms with E-state index in [1.54, 1.807) is 18.7 Å². The number of aromatic nitrogens is 1. The first kappa shape index (κ1) is 16.0. The Hall–Kier alpha value is -2.92. The van der Waals surface area contributed by atoms with Gasteiger partial charge in [0.05, 0.1) is 12.9 Å². The summed E-state index contributed by atoms with van der Waals surface area (Å²) in [7, 11) is 0. The molecule has 0 aliphatic rings. The lowest BCUT2D eigenvalue weighted by molar-refractivity contribution is -0.126. The van der Waals surface area contributed by atoms with Crippen molar-refractivity contribution in [1.29, 1.82) is 0 Å². The number of benzene rings is 1. The van der Waals surface area contributed by atoms with E-state index in [1.807, 2.05) is 48.5 Å². The number of nitrogens with one attached hydrogen (secondary N) is 1. The zero-order valence-electron chi connectivity index (χ0n) is 13.1. The van der Waals surface area contributed by atoms with Crippen molar-refractivity contribution in [1.82, 2.24) is 10.3 Å². The molecule has 0 bridgehead atoms. The van der Waals surface area contributed by atoms with Crippen LogP contribution in [0.3, 0.4) is 0 Å². The summed E-state index contributed by atoms with van der Waals surface area (Å²) in [5.41, 5.74) is 2.83. The van der Waals surface area contributed by atoms with Crippen molar-refractivity contribution in [3.63, 3.8) is 0 Å². The zero-order valence-corrected chi connectivity index (χ0v) is 13.1. The molecule has 0 radical (unpaired) electrons. The Morgan fingerprint density at radius 3 is 2.75 bits per heavy atom. The molecular formula is C19H18N2O3. The average molecular weight is 322 g/mol. The molecule has 1 aromatic carbocycles. The van der Waals surface area contributed by atoms with Crippen molar-refractivity contribution in [3.8, 4) is 11.3 Å². The average Bonchev–Trinajstić information content (AvgIpc) is 3.16. The second kappa shape index (κ2) is 8.08. The summed E-state index contributed by atoms with van der Waals surface area (Å²) in [5, 5.41) is 2.82. The van der Waals surface area contributed by atoms with Crippen LogP contribution >= 0.6 is 0 Å². The van der Waals surface area contributed by atoms with Crippen molar-refractivity contribution >= 4 is 5.91 Å². The molecule has 24 heavy (non-hydrogen) atoms. The van der Waals surface area contributed by atoms with Crippen molar-refractivity contribution in [2.24, 2.45) is 0 Å². The number of hydrogen-bond acceptors (Lipinski definition) is 4. The highest BCUT2D eigenvalue weighted by Crippen LogP contribution is 2.19. The third kappa shape index (κ3) is 4.54. The molecule has 1 amide bonds. The van der Waals surface area contributed by atoms with Crippen LogP contribution in [0.2, 0.25) is 0 Å². The Morgan fingerprint density at radius 2 is 1.96 bits per heavy atom. The molecule has 122 valence electrons. The van der Waals surface area contributed by atoms with Crippen LogP contribution in [0.15, 0.2) is 71.6 Å². The number of ether oxygens (including phenoxy) is 1. The van der Waals surface area contributed by atoms with Gasteiger partial charge in [-0.15, -0.1) is 0 Å². The standard InChI is InChI=1S/C19H18N2O3/c22-19(14-23-13-15-5-2-1-3-6-15)21-11-16-9-17(12-20-10-16)18-7-4-8-24-18/h1-10,12H,11,13-14H2,(H,21,22). The lowest BCUT2D eigenvalue weighted by Crippen LogP contribution is -2.27. The highest BCUT2D eigenvalue weighted by molar-refractivity contribution is 5.77. The number of hydrogen-bond donors (Lipinski definition) is 1. The van der Waals surface area contributed by atoms with E-state index in [2.05, 4.69) is 10.3 Å². The second-order valence-corrected chi connectivity index (χ2v) is 5.31. The maximum atomic E-state index is 11.8. The van der Waals surface area contributed by atoms with Crippen LogP contribution < -0.4 is 5.32 Å². The summed E-state index contributed by atoms with van der Waals surface area (Å²) < 4.78 is 10.8. The Kier molecular flexibility index (Phi) is 5.37. The smallest absolute Gasteiger partial charge is 0.246 e. The third-order valence-corrected chi connectivity index (χ3v) is 3.43. The summed E-state index contributed by atoms with van der Waals surface area (Å²) in [6.45, 7) is 0.846. The molecule has 0 unspecified atom stereocenters.